The average molecular weight is 585 g/mol. The molecule has 0 bridgehead atoms. The predicted molar refractivity (Wildman–Crippen MR) is 158 cm³/mol. The van der Waals surface area contributed by atoms with E-state index in [1.54, 1.807) is 42.2 Å². The Morgan fingerprint density at radius 2 is 1.71 bits per heavy atom. The van der Waals surface area contributed by atoms with E-state index in [1.165, 1.54) is 11.1 Å². The van der Waals surface area contributed by atoms with Crippen molar-refractivity contribution in [2.75, 3.05) is 31.6 Å². The van der Waals surface area contributed by atoms with Crippen molar-refractivity contribution in [3.05, 3.63) is 53.9 Å². The summed E-state index contributed by atoms with van der Waals surface area (Å²) in [4.78, 5) is 33.6. The van der Waals surface area contributed by atoms with Gasteiger partial charge in [0, 0.05) is 31.4 Å². The summed E-state index contributed by atoms with van der Waals surface area (Å²) in [6.45, 7) is 12.4. The highest BCUT2D eigenvalue weighted by Crippen LogP contribution is 2.31. The van der Waals surface area contributed by atoms with Crippen LogP contribution in [0.15, 0.2) is 47.4 Å². The Morgan fingerprint density at radius 3 is 2.29 bits per heavy atom. The first kappa shape index (κ1) is 30.4. The van der Waals surface area contributed by atoms with Crippen molar-refractivity contribution in [3.8, 4) is 0 Å². The second-order valence-electron chi connectivity index (χ2n) is 11.7. The number of piperidine rings is 1. The number of nitrogens with zero attached hydrogens (tertiary/aromatic N) is 4. The first-order chi connectivity index (χ1) is 19.2. The van der Waals surface area contributed by atoms with E-state index in [-0.39, 0.29) is 23.0 Å². The van der Waals surface area contributed by atoms with E-state index in [4.69, 9.17) is 9.47 Å². The maximum atomic E-state index is 13.6. The normalized spacial score (nSPS) is 15.5. The van der Waals surface area contributed by atoms with Gasteiger partial charge in [0.05, 0.1) is 29.0 Å². The number of esters is 1. The van der Waals surface area contributed by atoms with Gasteiger partial charge in [-0.05, 0) is 77.8 Å². The number of amides is 1. The van der Waals surface area contributed by atoms with Crippen LogP contribution in [-0.4, -0.2) is 72.7 Å². The summed E-state index contributed by atoms with van der Waals surface area (Å²) >= 11 is 0. The van der Waals surface area contributed by atoms with Crippen molar-refractivity contribution in [2.24, 2.45) is 5.92 Å². The third-order valence-corrected chi connectivity index (χ3v) is 9.09. The number of hydrogen-bond donors (Lipinski definition) is 0. The van der Waals surface area contributed by atoms with Gasteiger partial charge in [-0.1, -0.05) is 24.6 Å². The van der Waals surface area contributed by atoms with Crippen molar-refractivity contribution in [2.45, 2.75) is 70.9 Å². The third kappa shape index (κ3) is 6.66. The van der Waals surface area contributed by atoms with E-state index in [9.17, 15) is 18.0 Å². The molecule has 11 heteroatoms. The maximum Gasteiger partial charge on any atom is 0.410 e. The number of hydrogen-bond acceptors (Lipinski definition) is 8. The summed E-state index contributed by atoms with van der Waals surface area (Å²) in [7, 11) is -2.48. The van der Waals surface area contributed by atoms with E-state index in [0.717, 1.165) is 11.3 Å². The fraction of sp³-hybridized carbons (Fsp3) is 0.500. The molecule has 1 atom stereocenters. The fourth-order valence-corrected chi connectivity index (χ4v) is 6.68. The molecule has 0 saturated carbocycles. The summed E-state index contributed by atoms with van der Waals surface area (Å²) < 4.78 is 38.9. The van der Waals surface area contributed by atoms with Gasteiger partial charge in [-0.25, -0.2) is 22.2 Å². The minimum absolute atomic E-state index is 0.0396. The van der Waals surface area contributed by atoms with Gasteiger partial charge in [-0.2, -0.15) is 0 Å². The van der Waals surface area contributed by atoms with E-state index in [2.05, 4.69) is 9.88 Å². The number of likely N-dealkylation sites (tertiary alicyclic amines) is 1. The molecule has 1 aliphatic heterocycles. The molecule has 3 aromatic rings. The molecule has 4 rings (SSSR count). The molecule has 41 heavy (non-hydrogen) atoms. The first-order valence-corrected chi connectivity index (χ1v) is 15.3. The molecule has 0 radical (unpaired) electrons. The van der Waals surface area contributed by atoms with Crippen LogP contribution >= 0.6 is 0 Å². The number of anilines is 1. The van der Waals surface area contributed by atoms with E-state index in [1.807, 2.05) is 46.8 Å². The Hall–Kier alpha value is -3.60. The SMILES string of the molecule is COC(=O)C(C)CN(c1ccc2c(c1)nc(C)n2S(=O)(=O)c1ccc(C)cc1)C1CCN(C(=O)OC(C)(C)C)CC1. The molecule has 2 heterocycles. The van der Waals surface area contributed by atoms with Crippen LogP contribution in [0.4, 0.5) is 10.5 Å². The van der Waals surface area contributed by atoms with E-state index in [0.29, 0.717) is 49.3 Å². The number of aromatic nitrogens is 2. The van der Waals surface area contributed by atoms with Crippen molar-refractivity contribution in [1.29, 1.82) is 0 Å². The lowest BCUT2D eigenvalue weighted by molar-refractivity contribution is -0.144. The monoisotopic (exact) mass is 584 g/mol. The Kier molecular flexibility index (Phi) is 8.67. The smallest absolute Gasteiger partial charge is 0.410 e. The van der Waals surface area contributed by atoms with Gasteiger partial charge in [-0.15, -0.1) is 0 Å². The van der Waals surface area contributed by atoms with Crippen LogP contribution in [0.25, 0.3) is 11.0 Å². The molecule has 1 aliphatic rings. The second kappa shape index (κ2) is 11.7. The quantitative estimate of drug-likeness (QED) is 0.361. The first-order valence-electron chi connectivity index (χ1n) is 13.8. The molecular weight excluding hydrogens is 544 g/mol. The van der Waals surface area contributed by atoms with Crippen molar-refractivity contribution in [3.63, 3.8) is 0 Å². The molecule has 2 aromatic carbocycles. The van der Waals surface area contributed by atoms with Crippen LogP contribution in [0.5, 0.6) is 0 Å². The number of methoxy groups -OCH3 is 1. The van der Waals surface area contributed by atoms with Gasteiger partial charge < -0.3 is 19.3 Å². The highest BCUT2D eigenvalue weighted by atomic mass is 32.2. The molecule has 1 fully saturated rings. The molecule has 1 aromatic heterocycles. The van der Waals surface area contributed by atoms with E-state index >= 15 is 0 Å². The average Bonchev–Trinajstić information content (AvgIpc) is 3.26. The molecule has 1 saturated heterocycles. The molecule has 0 N–H and O–H groups in total. The molecule has 0 aliphatic carbocycles. The zero-order chi connectivity index (χ0) is 30.1. The summed E-state index contributed by atoms with van der Waals surface area (Å²) in [6.07, 6.45) is 1.03. The number of fused-ring (bicyclic) bond motifs is 1. The van der Waals surface area contributed by atoms with Gasteiger partial charge in [0.1, 0.15) is 11.4 Å². The second-order valence-corrected chi connectivity index (χ2v) is 13.5. The van der Waals surface area contributed by atoms with Crippen molar-refractivity contribution < 1.29 is 27.5 Å². The standard InChI is InChI=1S/C30H40N4O6S/c1-20-8-11-25(12-9-20)41(37,38)34-22(3)31-26-18-24(10-13-27(26)34)33(19-21(2)28(35)39-7)23-14-16-32(17-15-23)29(36)40-30(4,5)6/h8-13,18,21,23H,14-17,19H2,1-7H3. The highest BCUT2D eigenvalue weighted by Gasteiger charge is 2.32. The summed E-state index contributed by atoms with van der Waals surface area (Å²) in [5.74, 6) is -0.356. The number of carbonyl (C=O) groups excluding carboxylic acids is 2. The zero-order valence-corrected chi connectivity index (χ0v) is 25.7. The third-order valence-electron chi connectivity index (χ3n) is 7.28. The van der Waals surface area contributed by atoms with Crippen LogP contribution < -0.4 is 4.90 Å². The number of imidazole rings is 1. The maximum absolute atomic E-state index is 13.6. The number of benzene rings is 2. The minimum Gasteiger partial charge on any atom is -0.469 e. The van der Waals surface area contributed by atoms with Crippen LogP contribution in [0.1, 0.15) is 51.9 Å². The molecule has 1 unspecified atom stereocenters. The summed E-state index contributed by atoms with van der Waals surface area (Å²) in [5, 5.41) is 0. The van der Waals surface area contributed by atoms with Crippen LogP contribution in [-0.2, 0) is 24.3 Å². The van der Waals surface area contributed by atoms with Crippen LogP contribution in [0, 0.1) is 19.8 Å². The molecular formula is C30H40N4O6S. The Labute approximate surface area is 242 Å². The van der Waals surface area contributed by atoms with Crippen molar-refractivity contribution in [1.82, 2.24) is 13.9 Å². The Bertz CT molecular complexity index is 1520. The van der Waals surface area contributed by atoms with Gasteiger partial charge in [0.2, 0.25) is 0 Å². The van der Waals surface area contributed by atoms with Gasteiger partial charge in [0.15, 0.2) is 0 Å². The predicted octanol–water partition coefficient (Wildman–Crippen LogP) is 4.91. The summed E-state index contributed by atoms with van der Waals surface area (Å²) in [5.41, 5.74) is 2.24. The molecule has 0 spiro atoms. The topological polar surface area (TPSA) is 111 Å². The zero-order valence-electron chi connectivity index (χ0n) is 24.9. The lowest BCUT2D eigenvalue weighted by Gasteiger charge is -2.40. The Balaban J connectivity index is 1.65. The fourth-order valence-electron chi connectivity index (χ4n) is 5.19. The number of ether oxygens (including phenoxy) is 2. The Morgan fingerprint density at radius 1 is 1.07 bits per heavy atom. The van der Waals surface area contributed by atoms with Gasteiger partial charge in [-0.3, -0.25) is 4.79 Å². The number of carbonyl (C=O) groups is 2. The van der Waals surface area contributed by atoms with Crippen molar-refractivity contribution >= 4 is 38.8 Å². The van der Waals surface area contributed by atoms with E-state index < -0.39 is 21.5 Å². The molecule has 1 amide bonds. The molecule has 222 valence electrons. The highest BCUT2D eigenvalue weighted by molar-refractivity contribution is 7.90. The minimum atomic E-state index is -3.85. The number of aryl methyl sites for hydroxylation is 2. The van der Waals surface area contributed by atoms with Gasteiger partial charge in [0.25, 0.3) is 10.0 Å². The van der Waals surface area contributed by atoms with Crippen LogP contribution in [0.2, 0.25) is 0 Å². The lowest BCUT2D eigenvalue weighted by atomic mass is 10.00. The lowest BCUT2D eigenvalue weighted by Crippen LogP contribution is -2.49. The largest absolute Gasteiger partial charge is 0.469 e. The summed E-state index contributed by atoms with van der Waals surface area (Å²) in [6, 6.07) is 12.3. The molecule has 10 nitrogen and oxygen atoms in total. The van der Waals surface area contributed by atoms with Gasteiger partial charge >= 0.3 is 12.1 Å². The number of rotatable bonds is 7. The van der Waals surface area contributed by atoms with Crippen LogP contribution in [0.3, 0.4) is 0 Å².